The normalized spacial score (nSPS) is 14.1. The lowest BCUT2D eigenvalue weighted by Gasteiger charge is -2.14. The monoisotopic (exact) mass is 303 g/mol. The van der Waals surface area contributed by atoms with Gasteiger partial charge in [0.15, 0.2) is 5.82 Å². The Labute approximate surface area is 127 Å². The van der Waals surface area contributed by atoms with Crippen LogP contribution in [0.1, 0.15) is 42.3 Å². The lowest BCUT2D eigenvalue weighted by Crippen LogP contribution is -2.19. The molecule has 1 fully saturated rings. The molecule has 0 amide bonds. The van der Waals surface area contributed by atoms with Gasteiger partial charge in [-0.15, -0.1) is 0 Å². The number of aromatic nitrogens is 4. The van der Waals surface area contributed by atoms with Gasteiger partial charge in [0.1, 0.15) is 17.5 Å². The molecular weight excluding hydrogens is 286 g/mol. The Morgan fingerprint density at radius 1 is 1.52 bits per heavy atom. The second-order valence-electron chi connectivity index (χ2n) is 5.31. The average Bonchev–Trinajstić information content (AvgIpc) is 3.10. The van der Waals surface area contributed by atoms with Crippen LogP contribution in [-0.2, 0) is 6.42 Å². The van der Waals surface area contributed by atoms with E-state index in [1.807, 2.05) is 7.05 Å². The quantitative estimate of drug-likeness (QED) is 0.840. The smallest absolute Gasteiger partial charge is 0.204 e. The zero-order chi connectivity index (χ0) is 14.8. The molecule has 21 heavy (non-hydrogen) atoms. The molecule has 1 aliphatic rings. The topological polar surface area (TPSA) is 108 Å². The number of nitrogens with two attached hydrogens (primary N) is 1. The summed E-state index contributed by atoms with van der Waals surface area (Å²) in [6, 6.07) is 2.08. The number of aryl methyl sites for hydroxylation is 1. The minimum absolute atomic E-state index is 0.277. The Kier molecular flexibility index (Phi) is 3.75. The summed E-state index contributed by atoms with van der Waals surface area (Å²) in [6.45, 7) is 0.850. The molecule has 3 rings (SSSR count). The second kappa shape index (κ2) is 5.69. The summed E-state index contributed by atoms with van der Waals surface area (Å²) in [6.07, 6.45) is 4.08. The van der Waals surface area contributed by atoms with Crippen molar-refractivity contribution < 1.29 is 0 Å². The first-order valence-corrected chi connectivity index (χ1v) is 7.74. The number of aromatic amines is 1. The largest absolute Gasteiger partial charge is 0.381 e. The predicted molar refractivity (Wildman–Crippen MR) is 81.2 cm³/mol. The number of nitrogens with one attached hydrogen (secondary N) is 1. The lowest BCUT2D eigenvalue weighted by molar-refractivity contribution is 0.762. The van der Waals surface area contributed by atoms with Gasteiger partial charge in [-0.3, -0.25) is 5.10 Å². The molecule has 0 aromatic carbocycles. The average molecular weight is 303 g/mol. The van der Waals surface area contributed by atoms with Gasteiger partial charge in [0.2, 0.25) is 5.13 Å². The number of nitrogens with zero attached hydrogens (tertiary/aromatic N) is 5. The molecule has 7 nitrogen and oxygen atoms in total. The number of anilines is 2. The molecule has 0 unspecified atom stereocenters. The molecule has 1 saturated carbocycles. The van der Waals surface area contributed by atoms with Crippen molar-refractivity contribution in [2.75, 3.05) is 24.2 Å². The van der Waals surface area contributed by atoms with E-state index in [-0.39, 0.29) is 5.82 Å². The van der Waals surface area contributed by atoms with E-state index in [1.54, 1.807) is 0 Å². The predicted octanol–water partition coefficient (Wildman–Crippen LogP) is 1.66. The number of nitrogen functional groups attached to an aromatic ring is 1. The number of hydrogen-bond acceptors (Lipinski definition) is 7. The highest BCUT2D eigenvalue weighted by Crippen LogP contribution is 2.39. The van der Waals surface area contributed by atoms with Crippen LogP contribution in [0.3, 0.4) is 0 Å². The van der Waals surface area contributed by atoms with Gasteiger partial charge in [-0.2, -0.15) is 14.7 Å². The summed E-state index contributed by atoms with van der Waals surface area (Å²) >= 11 is 1.46. The van der Waals surface area contributed by atoms with Crippen molar-refractivity contribution in [3.63, 3.8) is 0 Å². The van der Waals surface area contributed by atoms with Crippen molar-refractivity contribution in [2.45, 2.75) is 31.6 Å². The fraction of sp³-hybridized carbons (Fsp3) is 0.538. The van der Waals surface area contributed by atoms with Crippen LogP contribution < -0.4 is 10.6 Å². The molecule has 0 radical (unpaired) electrons. The zero-order valence-corrected chi connectivity index (χ0v) is 12.7. The highest BCUT2D eigenvalue weighted by atomic mass is 32.1. The van der Waals surface area contributed by atoms with E-state index in [2.05, 4.69) is 30.5 Å². The van der Waals surface area contributed by atoms with Gasteiger partial charge < -0.3 is 10.6 Å². The van der Waals surface area contributed by atoms with Crippen LogP contribution in [0.2, 0.25) is 0 Å². The number of rotatable bonds is 6. The van der Waals surface area contributed by atoms with Crippen LogP contribution in [0.25, 0.3) is 0 Å². The van der Waals surface area contributed by atoms with Crippen molar-refractivity contribution >= 4 is 22.5 Å². The van der Waals surface area contributed by atoms with Crippen molar-refractivity contribution in [2.24, 2.45) is 0 Å². The van der Waals surface area contributed by atoms with Crippen molar-refractivity contribution in [1.82, 2.24) is 19.6 Å². The molecule has 0 atom stereocenters. The lowest BCUT2D eigenvalue weighted by atomic mass is 10.1. The van der Waals surface area contributed by atoms with Crippen LogP contribution in [0, 0.1) is 11.3 Å². The molecule has 8 heteroatoms. The summed E-state index contributed by atoms with van der Waals surface area (Å²) in [5.74, 6) is 1.86. The van der Waals surface area contributed by atoms with E-state index in [4.69, 9.17) is 11.0 Å². The second-order valence-corrected chi connectivity index (χ2v) is 6.04. The Morgan fingerprint density at radius 3 is 3.05 bits per heavy atom. The summed E-state index contributed by atoms with van der Waals surface area (Å²) in [5.41, 5.74) is 6.89. The first kappa shape index (κ1) is 13.8. The molecule has 0 saturated heterocycles. The molecule has 2 aromatic rings. The molecule has 0 aliphatic heterocycles. The summed E-state index contributed by atoms with van der Waals surface area (Å²) in [4.78, 5) is 6.68. The highest BCUT2D eigenvalue weighted by Gasteiger charge is 2.28. The Balaban J connectivity index is 1.53. The zero-order valence-electron chi connectivity index (χ0n) is 11.8. The Hall–Kier alpha value is -2.14. The number of hydrogen-bond donors (Lipinski definition) is 2. The van der Waals surface area contributed by atoms with Gasteiger partial charge in [0, 0.05) is 31.0 Å². The standard InChI is InChI=1S/C13H17N7S/c1-20(13-16-12(19-21-13)8-4-5-8)6-2-3-10-9(7-14)11(15)18-17-10/h8H,2-6H2,1H3,(H3,15,17,18). The minimum Gasteiger partial charge on any atom is -0.381 e. The maximum absolute atomic E-state index is 9.02. The van der Waals surface area contributed by atoms with E-state index < -0.39 is 0 Å². The van der Waals surface area contributed by atoms with Crippen LogP contribution in [0.4, 0.5) is 10.9 Å². The van der Waals surface area contributed by atoms with E-state index >= 15 is 0 Å². The fourth-order valence-electron chi connectivity index (χ4n) is 2.18. The Bertz CT molecular complexity index is 664. The van der Waals surface area contributed by atoms with Crippen LogP contribution in [-0.4, -0.2) is 33.1 Å². The first-order chi connectivity index (χ1) is 10.2. The third kappa shape index (κ3) is 2.97. The van der Waals surface area contributed by atoms with Gasteiger partial charge in [-0.05, 0) is 25.7 Å². The van der Waals surface area contributed by atoms with Gasteiger partial charge in [0.05, 0.1) is 5.69 Å². The van der Waals surface area contributed by atoms with E-state index in [0.29, 0.717) is 11.5 Å². The number of nitriles is 1. The third-order valence-electron chi connectivity index (χ3n) is 3.60. The van der Waals surface area contributed by atoms with Crippen molar-refractivity contribution in [3.8, 4) is 6.07 Å². The van der Waals surface area contributed by atoms with Crippen molar-refractivity contribution in [1.29, 1.82) is 5.26 Å². The maximum atomic E-state index is 9.02. The van der Waals surface area contributed by atoms with Crippen LogP contribution in [0.15, 0.2) is 0 Å². The molecular formula is C13H17N7S. The fourth-order valence-corrected chi connectivity index (χ4v) is 2.91. The number of H-pyrrole nitrogens is 1. The highest BCUT2D eigenvalue weighted by molar-refractivity contribution is 7.09. The third-order valence-corrected chi connectivity index (χ3v) is 4.45. The SMILES string of the molecule is CN(CCCc1[nH]nc(N)c1C#N)c1nc(C2CC2)ns1. The summed E-state index contributed by atoms with van der Waals surface area (Å²) in [5, 5.41) is 16.7. The van der Waals surface area contributed by atoms with Crippen molar-refractivity contribution in [3.05, 3.63) is 17.1 Å². The van der Waals surface area contributed by atoms with Gasteiger partial charge in [0.25, 0.3) is 0 Å². The van der Waals surface area contributed by atoms with Crippen LogP contribution in [0.5, 0.6) is 0 Å². The molecule has 1 aliphatic carbocycles. The van der Waals surface area contributed by atoms with E-state index in [9.17, 15) is 0 Å². The molecule has 0 spiro atoms. The van der Waals surface area contributed by atoms with E-state index in [1.165, 1.54) is 24.4 Å². The molecule has 2 aromatic heterocycles. The van der Waals surface area contributed by atoms with Crippen LogP contribution >= 0.6 is 11.5 Å². The van der Waals surface area contributed by atoms with Gasteiger partial charge in [-0.25, -0.2) is 4.98 Å². The van der Waals surface area contributed by atoms with E-state index in [0.717, 1.165) is 36.0 Å². The molecule has 110 valence electrons. The minimum atomic E-state index is 0.277. The van der Waals surface area contributed by atoms with Gasteiger partial charge >= 0.3 is 0 Å². The Morgan fingerprint density at radius 2 is 2.33 bits per heavy atom. The maximum Gasteiger partial charge on any atom is 0.204 e. The molecule has 3 N–H and O–H groups in total. The molecule has 2 heterocycles. The first-order valence-electron chi connectivity index (χ1n) is 6.96. The molecule has 0 bridgehead atoms. The summed E-state index contributed by atoms with van der Waals surface area (Å²) < 4.78 is 4.41. The van der Waals surface area contributed by atoms with Gasteiger partial charge in [-0.1, -0.05) is 0 Å². The summed E-state index contributed by atoms with van der Waals surface area (Å²) in [7, 11) is 2.02.